The molecule has 1 aliphatic heterocycles. The van der Waals surface area contributed by atoms with Crippen LogP contribution < -0.4 is 5.32 Å². The molecule has 1 heterocycles. The van der Waals surface area contributed by atoms with Gasteiger partial charge < -0.3 is 14.8 Å². The molecular formula is C12H14N2O5. The van der Waals surface area contributed by atoms with Crippen LogP contribution in [-0.2, 0) is 14.3 Å². The second kappa shape index (κ2) is 5.77. The van der Waals surface area contributed by atoms with Crippen LogP contribution >= 0.6 is 0 Å². The topological polar surface area (TPSA) is 90.7 Å². The van der Waals surface area contributed by atoms with Gasteiger partial charge in [-0.1, -0.05) is 0 Å². The zero-order valence-corrected chi connectivity index (χ0v) is 10.4. The summed E-state index contributed by atoms with van der Waals surface area (Å²) < 4.78 is 10.6. The predicted molar refractivity (Wildman–Crippen MR) is 65.3 cm³/mol. The molecule has 7 nitrogen and oxygen atoms in total. The van der Waals surface area contributed by atoms with Crippen LogP contribution in [0, 0.1) is 10.1 Å². The first-order chi connectivity index (χ1) is 9.08. The number of ether oxygens (including phenoxy) is 2. The van der Waals surface area contributed by atoms with E-state index in [4.69, 9.17) is 9.47 Å². The first-order valence-electron chi connectivity index (χ1n) is 5.78. The largest absolute Gasteiger partial charge is 0.353 e. The van der Waals surface area contributed by atoms with E-state index >= 15 is 0 Å². The maximum atomic E-state index is 11.1. The molecule has 0 bridgehead atoms. The fraction of sp³-hybridized carbons (Fsp3) is 0.417. The molecule has 2 unspecified atom stereocenters. The van der Waals surface area contributed by atoms with E-state index in [1.807, 2.05) is 0 Å². The van der Waals surface area contributed by atoms with Crippen LogP contribution in [-0.4, -0.2) is 30.3 Å². The minimum Gasteiger partial charge on any atom is -0.353 e. The summed E-state index contributed by atoms with van der Waals surface area (Å²) in [4.78, 5) is 21.3. The highest BCUT2D eigenvalue weighted by molar-refractivity contribution is 5.73. The van der Waals surface area contributed by atoms with Crippen LogP contribution in [0.3, 0.4) is 0 Å². The van der Waals surface area contributed by atoms with Crippen molar-refractivity contribution < 1.29 is 19.2 Å². The first-order valence-corrected chi connectivity index (χ1v) is 5.78. The zero-order chi connectivity index (χ0) is 13.8. The van der Waals surface area contributed by atoms with Gasteiger partial charge in [-0.25, -0.2) is 0 Å². The third-order valence-electron chi connectivity index (χ3n) is 2.81. The average Bonchev–Trinajstić information content (AvgIpc) is 2.39. The lowest BCUT2D eigenvalue weighted by Gasteiger charge is -2.32. The number of carbonyl (C=O) groups is 1. The van der Waals surface area contributed by atoms with Gasteiger partial charge in [0.15, 0.2) is 0 Å². The minimum atomic E-state index is -0.458. The van der Waals surface area contributed by atoms with Gasteiger partial charge in [0, 0.05) is 19.1 Å². The molecule has 1 aromatic carbocycles. The number of rotatable bonds is 3. The molecule has 102 valence electrons. The van der Waals surface area contributed by atoms with Gasteiger partial charge in [0.05, 0.1) is 17.6 Å². The molecule has 0 radical (unpaired) electrons. The van der Waals surface area contributed by atoms with E-state index in [1.54, 1.807) is 12.1 Å². The van der Waals surface area contributed by atoms with Gasteiger partial charge in [-0.05, 0) is 17.7 Å². The Labute approximate surface area is 109 Å². The molecule has 1 N–H and O–H groups in total. The molecule has 0 aliphatic carbocycles. The standard InChI is InChI=1S/C12H14N2O5/c1-8(15)13-11-6-18-7-19-12(11)9-2-4-10(5-3-9)14(16)17/h2-5,11-12H,6-7H2,1H3,(H,13,15). The Kier molecular flexibility index (Phi) is 4.08. The summed E-state index contributed by atoms with van der Waals surface area (Å²) in [6.07, 6.45) is -0.363. The zero-order valence-electron chi connectivity index (χ0n) is 10.4. The third-order valence-corrected chi connectivity index (χ3v) is 2.81. The quantitative estimate of drug-likeness (QED) is 0.654. The smallest absolute Gasteiger partial charge is 0.269 e. The Hall–Kier alpha value is -1.99. The van der Waals surface area contributed by atoms with Gasteiger partial charge in [-0.15, -0.1) is 0 Å². The Balaban J connectivity index is 2.17. The van der Waals surface area contributed by atoms with Crippen LogP contribution in [0.15, 0.2) is 24.3 Å². The molecule has 2 atom stereocenters. The minimum absolute atomic E-state index is 0.0203. The number of nitrogens with one attached hydrogen (secondary N) is 1. The number of nitro groups is 1. The Morgan fingerprint density at radius 1 is 1.42 bits per heavy atom. The number of nitro benzene ring substituents is 1. The van der Waals surface area contributed by atoms with Crippen molar-refractivity contribution >= 4 is 11.6 Å². The molecule has 0 aromatic heterocycles. The van der Waals surface area contributed by atoms with E-state index in [0.29, 0.717) is 6.61 Å². The normalized spacial score (nSPS) is 22.8. The maximum absolute atomic E-state index is 11.1. The molecule has 1 aromatic rings. The summed E-state index contributed by atoms with van der Waals surface area (Å²) in [5, 5.41) is 13.3. The monoisotopic (exact) mass is 266 g/mol. The average molecular weight is 266 g/mol. The molecule has 0 saturated carbocycles. The Bertz CT molecular complexity index is 474. The van der Waals surface area contributed by atoms with E-state index in [-0.39, 0.29) is 30.5 Å². The van der Waals surface area contributed by atoms with Crippen molar-refractivity contribution in [2.45, 2.75) is 19.1 Å². The molecule has 1 amide bonds. The van der Waals surface area contributed by atoms with E-state index in [1.165, 1.54) is 19.1 Å². The van der Waals surface area contributed by atoms with Crippen LogP contribution in [0.25, 0.3) is 0 Å². The number of hydrogen-bond donors (Lipinski definition) is 1. The number of nitrogens with zero attached hydrogens (tertiary/aromatic N) is 1. The highest BCUT2D eigenvalue weighted by Gasteiger charge is 2.29. The van der Waals surface area contributed by atoms with Gasteiger partial charge in [-0.3, -0.25) is 14.9 Å². The lowest BCUT2D eigenvalue weighted by Crippen LogP contribution is -2.45. The molecule has 2 rings (SSSR count). The van der Waals surface area contributed by atoms with E-state index in [2.05, 4.69) is 5.32 Å². The Morgan fingerprint density at radius 2 is 2.11 bits per heavy atom. The van der Waals surface area contributed by atoms with Crippen molar-refractivity contribution in [2.75, 3.05) is 13.4 Å². The summed E-state index contributed by atoms with van der Waals surface area (Å²) in [7, 11) is 0. The summed E-state index contributed by atoms with van der Waals surface area (Å²) in [6.45, 7) is 1.90. The first kappa shape index (κ1) is 13.4. The van der Waals surface area contributed by atoms with Gasteiger partial charge in [0.25, 0.3) is 5.69 Å². The fourth-order valence-electron chi connectivity index (χ4n) is 1.99. The molecular weight excluding hydrogens is 252 g/mol. The van der Waals surface area contributed by atoms with Gasteiger partial charge in [-0.2, -0.15) is 0 Å². The van der Waals surface area contributed by atoms with E-state index in [0.717, 1.165) is 5.56 Å². The van der Waals surface area contributed by atoms with Crippen molar-refractivity contribution in [3.8, 4) is 0 Å². The molecule has 19 heavy (non-hydrogen) atoms. The lowest BCUT2D eigenvalue weighted by atomic mass is 10.0. The van der Waals surface area contributed by atoms with Crippen LogP contribution in [0.2, 0.25) is 0 Å². The number of amides is 1. The molecule has 0 spiro atoms. The molecule has 1 aliphatic rings. The van der Waals surface area contributed by atoms with Crippen LogP contribution in [0.1, 0.15) is 18.6 Å². The van der Waals surface area contributed by atoms with Crippen molar-refractivity contribution in [1.82, 2.24) is 5.32 Å². The Morgan fingerprint density at radius 3 is 2.68 bits per heavy atom. The SMILES string of the molecule is CC(=O)NC1COCOC1c1ccc([N+](=O)[O-])cc1. The van der Waals surface area contributed by atoms with Gasteiger partial charge in [0.2, 0.25) is 5.91 Å². The lowest BCUT2D eigenvalue weighted by molar-refractivity contribution is -0.384. The van der Waals surface area contributed by atoms with Gasteiger partial charge in [0.1, 0.15) is 12.9 Å². The second-order valence-electron chi connectivity index (χ2n) is 4.23. The second-order valence-corrected chi connectivity index (χ2v) is 4.23. The number of carbonyl (C=O) groups excluding carboxylic acids is 1. The van der Waals surface area contributed by atoms with E-state index in [9.17, 15) is 14.9 Å². The predicted octanol–water partition coefficient (Wildman–Crippen LogP) is 1.14. The van der Waals surface area contributed by atoms with Crippen LogP contribution in [0.4, 0.5) is 5.69 Å². The van der Waals surface area contributed by atoms with E-state index < -0.39 is 4.92 Å². The van der Waals surface area contributed by atoms with Crippen molar-refractivity contribution in [3.63, 3.8) is 0 Å². The molecule has 1 saturated heterocycles. The number of benzene rings is 1. The summed E-state index contributed by atoms with van der Waals surface area (Å²) in [5.74, 6) is -0.175. The van der Waals surface area contributed by atoms with Gasteiger partial charge >= 0.3 is 0 Å². The van der Waals surface area contributed by atoms with Crippen molar-refractivity contribution in [3.05, 3.63) is 39.9 Å². The highest BCUT2D eigenvalue weighted by atomic mass is 16.7. The summed E-state index contributed by atoms with van der Waals surface area (Å²) in [5.41, 5.74) is 0.791. The summed E-state index contributed by atoms with van der Waals surface area (Å²) >= 11 is 0. The molecule has 7 heteroatoms. The number of hydrogen-bond acceptors (Lipinski definition) is 5. The van der Waals surface area contributed by atoms with Crippen LogP contribution in [0.5, 0.6) is 0 Å². The molecule has 1 fully saturated rings. The summed E-state index contributed by atoms with van der Waals surface area (Å²) in [6, 6.07) is 5.79. The highest BCUT2D eigenvalue weighted by Crippen LogP contribution is 2.26. The van der Waals surface area contributed by atoms with Crippen molar-refractivity contribution in [2.24, 2.45) is 0 Å². The number of non-ortho nitro benzene ring substituents is 1. The maximum Gasteiger partial charge on any atom is 0.269 e. The third kappa shape index (κ3) is 3.27. The van der Waals surface area contributed by atoms with Crippen molar-refractivity contribution in [1.29, 1.82) is 0 Å². The fourth-order valence-corrected chi connectivity index (χ4v) is 1.99.